The van der Waals surface area contributed by atoms with Gasteiger partial charge in [0.05, 0.1) is 36.5 Å². The topological polar surface area (TPSA) is 139 Å². The van der Waals surface area contributed by atoms with Crippen molar-refractivity contribution in [1.29, 1.82) is 0 Å². The minimum atomic E-state index is -1.20. The van der Waals surface area contributed by atoms with Gasteiger partial charge in [0, 0.05) is 19.0 Å². The summed E-state index contributed by atoms with van der Waals surface area (Å²) in [6, 6.07) is 0.662. The Bertz CT molecular complexity index is 599. The average Bonchev–Trinajstić information content (AvgIpc) is 3.29. The normalized spacial score (nSPS) is 30.3. The standard InChI is InChI=1S/C24H46N4O5/c1-3-25-16-24(33,15-23(31)32)11-7-5-4-6-8-19(29)9-10-20-21(28-13-12-26-17-28)14-22(30)18(2)27-20/h12,18-22,25,27,29-30,33H,3-11,13-17H2,1-2H3,(H,31,32)/p+1/t18-,19-,20+,21-,22+,24+/m0/s1. The van der Waals surface area contributed by atoms with Crippen LogP contribution in [0.15, 0.2) is 4.99 Å². The predicted octanol–water partition coefficient (Wildman–Crippen LogP) is -0.310. The van der Waals surface area contributed by atoms with Crippen LogP contribution in [-0.4, -0.2) is 94.8 Å². The smallest absolute Gasteiger partial charge is 0.306 e. The van der Waals surface area contributed by atoms with Crippen LogP contribution in [0.4, 0.5) is 0 Å². The molecular formula is C24H47N4O5+. The van der Waals surface area contributed by atoms with E-state index in [1.54, 1.807) is 0 Å². The molecule has 7 N–H and O–H groups in total. The highest BCUT2D eigenvalue weighted by Gasteiger charge is 2.40. The number of nitrogens with zero attached hydrogens (tertiary/aromatic N) is 1. The van der Waals surface area contributed by atoms with Gasteiger partial charge < -0.3 is 36.0 Å². The number of hydrogen-bond donors (Lipinski definition) is 7. The molecule has 9 nitrogen and oxygen atoms in total. The summed E-state index contributed by atoms with van der Waals surface area (Å²) in [7, 11) is 0. The highest BCUT2D eigenvalue weighted by molar-refractivity contribution is 5.68. The molecule has 0 amide bonds. The van der Waals surface area contributed by atoms with E-state index in [4.69, 9.17) is 5.11 Å². The quantitative estimate of drug-likeness (QED) is 0.153. The van der Waals surface area contributed by atoms with Crippen LogP contribution in [0.1, 0.15) is 78.1 Å². The van der Waals surface area contributed by atoms with Crippen molar-refractivity contribution in [1.82, 2.24) is 10.6 Å². The lowest BCUT2D eigenvalue weighted by Crippen LogP contribution is -3.16. The Morgan fingerprint density at radius 1 is 1.30 bits per heavy atom. The van der Waals surface area contributed by atoms with Crippen LogP contribution in [0.3, 0.4) is 0 Å². The molecule has 1 saturated heterocycles. The molecule has 9 heteroatoms. The summed E-state index contributed by atoms with van der Waals surface area (Å²) in [5, 5.41) is 47.1. The third-order valence-corrected chi connectivity index (χ3v) is 7.26. The van der Waals surface area contributed by atoms with Gasteiger partial charge in [-0.25, -0.2) is 4.99 Å². The zero-order valence-electron chi connectivity index (χ0n) is 20.5. The number of piperidine rings is 1. The third-order valence-electron chi connectivity index (χ3n) is 7.26. The Hall–Kier alpha value is -1.10. The zero-order valence-corrected chi connectivity index (χ0v) is 20.5. The molecule has 7 atom stereocenters. The molecule has 2 rings (SSSR count). The number of rotatable bonds is 16. The molecule has 0 saturated carbocycles. The number of nitrogens with one attached hydrogen (secondary N) is 3. The molecule has 0 bridgehead atoms. The summed E-state index contributed by atoms with van der Waals surface area (Å²) in [4.78, 5) is 16.8. The fourth-order valence-corrected chi connectivity index (χ4v) is 5.21. The van der Waals surface area contributed by atoms with E-state index in [0.717, 1.165) is 64.6 Å². The molecule has 1 fully saturated rings. The third kappa shape index (κ3) is 9.96. The Morgan fingerprint density at radius 3 is 2.73 bits per heavy atom. The van der Waals surface area contributed by atoms with Gasteiger partial charge in [0.2, 0.25) is 0 Å². The van der Waals surface area contributed by atoms with Crippen molar-refractivity contribution in [2.45, 2.75) is 114 Å². The SMILES string of the molecule is CCNC[C@@](O)(CCCCCC[C@H](O)CC[C@H]1N[C@@H](C)[C@H](O)C[C@@H]1[NH+]1CC=NC1)CC(=O)O. The molecule has 192 valence electrons. The monoisotopic (exact) mass is 471 g/mol. The number of aliphatic carboxylic acids is 1. The predicted molar refractivity (Wildman–Crippen MR) is 129 cm³/mol. The summed E-state index contributed by atoms with van der Waals surface area (Å²) in [5.74, 6) is -0.976. The Balaban J connectivity index is 1.64. The first-order valence-corrected chi connectivity index (χ1v) is 12.8. The van der Waals surface area contributed by atoms with E-state index in [1.165, 1.54) is 4.90 Å². The molecule has 0 spiro atoms. The first-order chi connectivity index (χ1) is 15.7. The van der Waals surface area contributed by atoms with Crippen molar-refractivity contribution in [3.8, 4) is 0 Å². The molecule has 0 aliphatic carbocycles. The van der Waals surface area contributed by atoms with Gasteiger partial charge in [-0.05, 0) is 39.2 Å². The van der Waals surface area contributed by atoms with E-state index in [-0.39, 0.29) is 30.7 Å². The number of carboxylic acids is 1. The fourth-order valence-electron chi connectivity index (χ4n) is 5.21. The maximum atomic E-state index is 11.1. The second-order valence-electron chi connectivity index (χ2n) is 10.1. The Labute approximate surface area is 198 Å². The minimum Gasteiger partial charge on any atom is -0.481 e. The largest absolute Gasteiger partial charge is 0.481 e. The maximum Gasteiger partial charge on any atom is 0.306 e. The number of likely N-dealkylation sites (N-methyl/N-ethyl adjacent to an activating group) is 1. The molecular weight excluding hydrogens is 424 g/mol. The van der Waals surface area contributed by atoms with E-state index in [1.807, 2.05) is 20.1 Å². The van der Waals surface area contributed by atoms with Crippen LogP contribution in [0, 0.1) is 0 Å². The van der Waals surface area contributed by atoms with Gasteiger partial charge >= 0.3 is 5.97 Å². The van der Waals surface area contributed by atoms with Crippen LogP contribution in [0.5, 0.6) is 0 Å². The molecule has 2 aliphatic rings. The van der Waals surface area contributed by atoms with Gasteiger partial charge in [-0.15, -0.1) is 0 Å². The Kier molecular flexibility index (Phi) is 12.2. The number of carbonyl (C=O) groups is 1. The van der Waals surface area contributed by atoms with Crippen LogP contribution in [0.2, 0.25) is 0 Å². The van der Waals surface area contributed by atoms with Crippen molar-refractivity contribution in [2.24, 2.45) is 4.99 Å². The van der Waals surface area contributed by atoms with Crippen LogP contribution >= 0.6 is 0 Å². The number of quaternary nitrogens is 1. The van der Waals surface area contributed by atoms with Crippen molar-refractivity contribution < 1.29 is 30.1 Å². The van der Waals surface area contributed by atoms with Crippen LogP contribution in [-0.2, 0) is 4.79 Å². The molecule has 33 heavy (non-hydrogen) atoms. The minimum absolute atomic E-state index is 0.0682. The van der Waals surface area contributed by atoms with Gasteiger partial charge in [-0.2, -0.15) is 0 Å². The van der Waals surface area contributed by atoms with Crippen molar-refractivity contribution >= 4 is 12.2 Å². The van der Waals surface area contributed by atoms with Gasteiger partial charge in [-0.3, -0.25) is 4.79 Å². The molecule has 2 aliphatic heterocycles. The molecule has 2 heterocycles. The molecule has 0 radical (unpaired) electrons. The lowest BCUT2D eigenvalue weighted by molar-refractivity contribution is -0.914. The lowest BCUT2D eigenvalue weighted by atomic mass is 9.87. The fraction of sp³-hybridized carbons (Fsp3) is 0.917. The molecule has 0 aromatic rings. The first kappa shape index (κ1) is 28.1. The van der Waals surface area contributed by atoms with Gasteiger partial charge in [0.25, 0.3) is 0 Å². The summed E-state index contributed by atoms with van der Waals surface area (Å²) >= 11 is 0. The molecule has 1 unspecified atom stereocenters. The summed E-state index contributed by atoms with van der Waals surface area (Å²) < 4.78 is 0. The van der Waals surface area contributed by atoms with Gasteiger partial charge in [0.1, 0.15) is 12.6 Å². The number of aliphatic hydroxyl groups is 3. The number of carboxylic acid groups (broad SMARTS) is 1. The molecule has 0 aromatic carbocycles. The first-order valence-electron chi connectivity index (χ1n) is 12.8. The number of unbranched alkanes of at least 4 members (excludes halogenated alkanes) is 3. The number of aliphatic imine (C=N–C) groups is 1. The summed E-state index contributed by atoms with van der Waals surface area (Å²) in [5.41, 5.74) is -1.20. The van der Waals surface area contributed by atoms with E-state index in [2.05, 4.69) is 15.6 Å². The van der Waals surface area contributed by atoms with E-state index in [0.29, 0.717) is 25.6 Å². The van der Waals surface area contributed by atoms with Crippen molar-refractivity contribution in [3.63, 3.8) is 0 Å². The summed E-state index contributed by atoms with van der Waals surface area (Å²) in [6.07, 6.45) is 8.26. The van der Waals surface area contributed by atoms with E-state index >= 15 is 0 Å². The van der Waals surface area contributed by atoms with Gasteiger partial charge in [-0.1, -0.05) is 32.6 Å². The average molecular weight is 472 g/mol. The van der Waals surface area contributed by atoms with Crippen molar-refractivity contribution in [2.75, 3.05) is 26.3 Å². The van der Waals surface area contributed by atoms with Crippen molar-refractivity contribution in [3.05, 3.63) is 0 Å². The number of hydrogen-bond acceptors (Lipinski definition) is 7. The maximum absolute atomic E-state index is 11.1. The Morgan fingerprint density at radius 2 is 2.06 bits per heavy atom. The second-order valence-corrected chi connectivity index (χ2v) is 10.1. The van der Waals surface area contributed by atoms with Crippen LogP contribution in [0.25, 0.3) is 0 Å². The van der Waals surface area contributed by atoms with E-state index < -0.39 is 11.6 Å². The lowest BCUT2D eigenvalue weighted by Gasteiger charge is -2.41. The van der Waals surface area contributed by atoms with Crippen LogP contribution < -0.4 is 15.5 Å². The summed E-state index contributed by atoms with van der Waals surface area (Å²) in [6.45, 7) is 6.62. The zero-order chi connectivity index (χ0) is 24.3. The molecule has 0 aromatic heterocycles. The number of aliphatic hydroxyl groups excluding tert-OH is 2. The highest BCUT2D eigenvalue weighted by atomic mass is 16.4. The van der Waals surface area contributed by atoms with Gasteiger partial charge in [0.15, 0.2) is 6.67 Å². The second kappa shape index (κ2) is 14.3. The highest BCUT2D eigenvalue weighted by Crippen LogP contribution is 2.21. The van der Waals surface area contributed by atoms with E-state index in [9.17, 15) is 20.1 Å².